The fourth-order valence-corrected chi connectivity index (χ4v) is 3.17. The summed E-state index contributed by atoms with van der Waals surface area (Å²) < 4.78 is 0. The summed E-state index contributed by atoms with van der Waals surface area (Å²) in [4.78, 5) is 2.72. The molecule has 1 saturated heterocycles. The number of nitrogens with one attached hydrogen (secondary N) is 1. The van der Waals surface area contributed by atoms with Crippen molar-refractivity contribution in [3.8, 4) is 0 Å². The Labute approximate surface area is 108 Å². The Kier molecular flexibility index (Phi) is 7.14. The molecule has 17 heavy (non-hydrogen) atoms. The van der Waals surface area contributed by atoms with Gasteiger partial charge in [0.1, 0.15) is 0 Å². The van der Waals surface area contributed by atoms with Crippen LogP contribution in [-0.4, -0.2) is 36.1 Å². The maximum absolute atomic E-state index is 3.57. The first kappa shape index (κ1) is 15.0. The highest BCUT2D eigenvalue weighted by atomic mass is 15.2. The summed E-state index contributed by atoms with van der Waals surface area (Å²) >= 11 is 0. The monoisotopic (exact) mass is 240 g/mol. The normalized spacial score (nSPS) is 28.2. The van der Waals surface area contributed by atoms with Crippen LogP contribution < -0.4 is 5.32 Å². The van der Waals surface area contributed by atoms with Gasteiger partial charge in [-0.05, 0) is 59.0 Å². The number of piperidine rings is 1. The van der Waals surface area contributed by atoms with Crippen molar-refractivity contribution in [3.05, 3.63) is 0 Å². The Balaban J connectivity index is 2.24. The summed E-state index contributed by atoms with van der Waals surface area (Å²) in [5.41, 5.74) is 0. The van der Waals surface area contributed by atoms with E-state index in [1.807, 2.05) is 0 Å². The van der Waals surface area contributed by atoms with Crippen LogP contribution in [0.1, 0.15) is 66.2 Å². The first-order chi connectivity index (χ1) is 8.19. The second-order valence-corrected chi connectivity index (χ2v) is 5.67. The maximum Gasteiger partial charge on any atom is 0.00697 e. The summed E-state index contributed by atoms with van der Waals surface area (Å²) in [5.74, 6) is 0. The number of hydrogen-bond donors (Lipinski definition) is 1. The molecule has 1 N–H and O–H groups in total. The average molecular weight is 240 g/mol. The minimum atomic E-state index is 0.732. The Hall–Kier alpha value is -0.0800. The van der Waals surface area contributed by atoms with E-state index in [2.05, 4.69) is 37.9 Å². The topological polar surface area (TPSA) is 15.3 Å². The molecule has 0 aromatic carbocycles. The Bertz CT molecular complexity index is 183. The summed E-state index contributed by atoms with van der Waals surface area (Å²) in [7, 11) is 0. The average Bonchev–Trinajstić information content (AvgIpc) is 2.31. The van der Waals surface area contributed by atoms with Gasteiger partial charge in [-0.3, -0.25) is 4.90 Å². The molecule has 1 fully saturated rings. The molecule has 0 aromatic heterocycles. The zero-order valence-corrected chi connectivity index (χ0v) is 12.3. The summed E-state index contributed by atoms with van der Waals surface area (Å²) in [6.07, 6.45) is 8.16. The van der Waals surface area contributed by atoms with Crippen LogP contribution >= 0.6 is 0 Å². The molecule has 1 aliphatic heterocycles. The van der Waals surface area contributed by atoms with Gasteiger partial charge in [0.05, 0.1) is 0 Å². The predicted molar refractivity (Wildman–Crippen MR) is 76.5 cm³/mol. The molecular formula is C15H32N2. The van der Waals surface area contributed by atoms with Crippen molar-refractivity contribution in [2.24, 2.45) is 0 Å². The molecule has 0 aromatic rings. The van der Waals surface area contributed by atoms with Gasteiger partial charge in [-0.25, -0.2) is 0 Å². The van der Waals surface area contributed by atoms with E-state index in [1.165, 1.54) is 45.1 Å². The van der Waals surface area contributed by atoms with Crippen molar-refractivity contribution < 1.29 is 0 Å². The van der Waals surface area contributed by atoms with Gasteiger partial charge in [-0.1, -0.05) is 20.3 Å². The smallest absolute Gasteiger partial charge is 0.00697 e. The van der Waals surface area contributed by atoms with Crippen molar-refractivity contribution in [3.63, 3.8) is 0 Å². The van der Waals surface area contributed by atoms with Crippen LogP contribution in [0, 0.1) is 0 Å². The maximum atomic E-state index is 3.57. The molecule has 102 valence electrons. The van der Waals surface area contributed by atoms with Gasteiger partial charge in [0, 0.05) is 18.1 Å². The summed E-state index contributed by atoms with van der Waals surface area (Å²) in [6.45, 7) is 11.7. The van der Waals surface area contributed by atoms with Gasteiger partial charge in [-0.15, -0.1) is 0 Å². The molecule has 3 unspecified atom stereocenters. The molecule has 0 aliphatic carbocycles. The molecule has 1 heterocycles. The SMILES string of the molecule is CCNC(CC)CCCN1C(C)CCCC1C. The zero-order chi connectivity index (χ0) is 12.7. The molecule has 0 bridgehead atoms. The van der Waals surface area contributed by atoms with E-state index in [0.717, 1.165) is 24.7 Å². The molecule has 1 rings (SSSR count). The van der Waals surface area contributed by atoms with Crippen LogP contribution in [-0.2, 0) is 0 Å². The standard InChI is InChI=1S/C15H32N2/c1-5-15(16-6-2)11-8-12-17-13(3)9-7-10-14(17)4/h13-16H,5-12H2,1-4H3. The van der Waals surface area contributed by atoms with Crippen LogP contribution in [0.2, 0.25) is 0 Å². The lowest BCUT2D eigenvalue weighted by Gasteiger charge is -2.39. The van der Waals surface area contributed by atoms with Gasteiger partial charge < -0.3 is 5.32 Å². The van der Waals surface area contributed by atoms with E-state index >= 15 is 0 Å². The summed E-state index contributed by atoms with van der Waals surface area (Å²) in [6, 6.07) is 2.34. The molecule has 3 atom stereocenters. The van der Waals surface area contributed by atoms with Crippen LogP contribution in [0.3, 0.4) is 0 Å². The quantitative estimate of drug-likeness (QED) is 0.733. The lowest BCUT2D eigenvalue weighted by Crippen LogP contribution is -2.44. The van der Waals surface area contributed by atoms with Gasteiger partial charge in [0.25, 0.3) is 0 Å². The minimum Gasteiger partial charge on any atom is -0.314 e. The van der Waals surface area contributed by atoms with E-state index in [0.29, 0.717) is 0 Å². The minimum absolute atomic E-state index is 0.732. The Morgan fingerprint density at radius 3 is 2.35 bits per heavy atom. The van der Waals surface area contributed by atoms with Crippen molar-refractivity contribution >= 4 is 0 Å². The van der Waals surface area contributed by atoms with Crippen molar-refractivity contribution in [1.82, 2.24) is 10.2 Å². The molecule has 1 aliphatic rings. The molecular weight excluding hydrogens is 208 g/mol. The van der Waals surface area contributed by atoms with E-state index in [4.69, 9.17) is 0 Å². The van der Waals surface area contributed by atoms with E-state index in [9.17, 15) is 0 Å². The first-order valence-corrected chi connectivity index (χ1v) is 7.68. The highest BCUT2D eigenvalue weighted by Gasteiger charge is 2.23. The van der Waals surface area contributed by atoms with Gasteiger partial charge in [0.15, 0.2) is 0 Å². The third kappa shape index (κ3) is 4.97. The van der Waals surface area contributed by atoms with Crippen LogP contribution in [0.4, 0.5) is 0 Å². The van der Waals surface area contributed by atoms with Gasteiger partial charge in [-0.2, -0.15) is 0 Å². The second-order valence-electron chi connectivity index (χ2n) is 5.67. The lowest BCUT2D eigenvalue weighted by atomic mass is 9.97. The highest BCUT2D eigenvalue weighted by Crippen LogP contribution is 2.22. The van der Waals surface area contributed by atoms with Gasteiger partial charge in [0.2, 0.25) is 0 Å². The van der Waals surface area contributed by atoms with Crippen molar-refractivity contribution in [2.45, 2.75) is 84.3 Å². The number of hydrogen-bond acceptors (Lipinski definition) is 2. The third-order valence-electron chi connectivity index (χ3n) is 4.33. The molecule has 2 nitrogen and oxygen atoms in total. The summed E-state index contributed by atoms with van der Waals surface area (Å²) in [5, 5.41) is 3.57. The molecule has 0 saturated carbocycles. The largest absolute Gasteiger partial charge is 0.314 e. The Morgan fingerprint density at radius 1 is 1.18 bits per heavy atom. The van der Waals surface area contributed by atoms with Crippen LogP contribution in [0.25, 0.3) is 0 Å². The molecule has 2 heteroatoms. The number of likely N-dealkylation sites (tertiary alicyclic amines) is 1. The zero-order valence-electron chi connectivity index (χ0n) is 12.3. The fraction of sp³-hybridized carbons (Fsp3) is 1.00. The number of rotatable bonds is 7. The highest BCUT2D eigenvalue weighted by molar-refractivity contribution is 4.79. The predicted octanol–water partition coefficient (Wildman–Crippen LogP) is 3.42. The Morgan fingerprint density at radius 2 is 1.82 bits per heavy atom. The van der Waals surface area contributed by atoms with E-state index in [1.54, 1.807) is 0 Å². The number of nitrogens with zero attached hydrogens (tertiary/aromatic N) is 1. The van der Waals surface area contributed by atoms with Gasteiger partial charge >= 0.3 is 0 Å². The third-order valence-corrected chi connectivity index (χ3v) is 4.33. The van der Waals surface area contributed by atoms with E-state index < -0.39 is 0 Å². The van der Waals surface area contributed by atoms with Crippen molar-refractivity contribution in [1.29, 1.82) is 0 Å². The molecule has 0 amide bonds. The fourth-order valence-electron chi connectivity index (χ4n) is 3.17. The molecule has 0 spiro atoms. The van der Waals surface area contributed by atoms with Crippen LogP contribution in [0.15, 0.2) is 0 Å². The van der Waals surface area contributed by atoms with Crippen LogP contribution in [0.5, 0.6) is 0 Å². The second kappa shape index (κ2) is 8.10. The first-order valence-electron chi connectivity index (χ1n) is 7.68. The molecule has 0 radical (unpaired) electrons. The van der Waals surface area contributed by atoms with Crippen molar-refractivity contribution in [2.75, 3.05) is 13.1 Å². The lowest BCUT2D eigenvalue weighted by molar-refractivity contribution is 0.100. The van der Waals surface area contributed by atoms with E-state index in [-0.39, 0.29) is 0 Å².